The van der Waals surface area contributed by atoms with Crippen molar-refractivity contribution in [1.29, 1.82) is 0 Å². The van der Waals surface area contributed by atoms with Crippen molar-refractivity contribution in [3.05, 3.63) is 51.5 Å². The van der Waals surface area contributed by atoms with Crippen LogP contribution >= 0.6 is 27.5 Å². The summed E-state index contributed by atoms with van der Waals surface area (Å²) < 4.78 is 5.86. The Hall–Kier alpha value is -1.72. The van der Waals surface area contributed by atoms with Crippen LogP contribution in [0.1, 0.15) is 10.4 Å². The first-order chi connectivity index (χ1) is 9.93. The molecule has 0 aliphatic rings. The minimum Gasteiger partial charge on any atom is -0.496 e. The fraction of sp³-hybridized carbons (Fsp3) is 0.133. The average Bonchev–Trinajstić information content (AvgIpc) is 2.48. The van der Waals surface area contributed by atoms with Crippen LogP contribution in [0.3, 0.4) is 0 Å². The van der Waals surface area contributed by atoms with Gasteiger partial charge in [0, 0.05) is 17.6 Å². The minimum atomic E-state index is -0.188. The van der Waals surface area contributed by atoms with Crippen molar-refractivity contribution in [1.82, 2.24) is 0 Å². The van der Waals surface area contributed by atoms with Gasteiger partial charge in [0.2, 0.25) is 0 Å². The SMILES string of the molecule is COc1ccc(C(=O)N(C)c2cc(Cl)ccc2N)cc1Br. The second-order valence-corrected chi connectivity index (χ2v) is 5.71. The highest BCUT2D eigenvalue weighted by atomic mass is 79.9. The Kier molecular flexibility index (Phi) is 4.75. The van der Waals surface area contributed by atoms with Crippen LogP contribution in [0.15, 0.2) is 40.9 Å². The summed E-state index contributed by atoms with van der Waals surface area (Å²) in [6.07, 6.45) is 0. The molecule has 0 aliphatic carbocycles. The largest absolute Gasteiger partial charge is 0.496 e. The average molecular weight is 370 g/mol. The van der Waals surface area contributed by atoms with E-state index in [1.807, 2.05) is 0 Å². The van der Waals surface area contributed by atoms with Crippen molar-refractivity contribution in [2.24, 2.45) is 0 Å². The number of carbonyl (C=O) groups is 1. The Morgan fingerprint density at radius 2 is 2.00 bits per heavy atom. The molecule has 2 aromatic carbocycles. The van der Waals surface area contributed by atoms with Gasteiger partial charge < -0.3 is 15.4 Å². The molecule has 4 nitrogen and oxygen atoms in total. The van der Waals surface area contributed by atoms with Gasteiger partial charge in [0.25, 0.3) is 5.91 Å². The van der Waals surface area contributed by atoms with Crippen molar-refractivity contribution in [3.8, 4) is 5.75 Å². The Morgan fingerprint density at radius 1 is 1.29 bits per heavy atom. The number of methoxy groups -OCH3 is 1. The van der Waals surface area contributed by atoms with Crippen LogP contribution in [-0.4, -0.2) is 20.1 Å². The molecule has 0 saturated carbocycles. The predicted molar refractivity (Wildman–Crippen MR) is 89.3 cm³/mol. The van der Waals surface area contributed by atoms with Crippen LogP contribution < -0.4 is 15.4 Å². The van der Waals surface area contributed by atoms with Crippen molar-refractivity contribution < 1.29 is 9.53 Å². The molecule has 0 aliphatic heterocycles. The maximum atomic E-state index is 12.5. The van der Waals surface area contributed by atoms with Crippen LogP contribution in [0, 0.1) is 0 Å². The molecule has 0 bridgehead atoms. The number of rotatable bonds is 3. The number of hydrogen-bond donors (Lipinski definition) is 1. The molecule has 2 N–H and O–H groups in total. The summed E-state index contributed by atoms with van der Waals surface area (Å²) in [5.74, 6) is 0.476. The van der Waals surface area contributed by atoms with Crippen LogP contribution in [0.2, 0.25) is 5.02 Å². The summed E-state index contributed by atoms with van der Waals surface area (Å²) in [6.45, 7) is 0. The van der Waals surface area contributed by atoms with Gasteiger partial charge in [0.15, 0.2) is 0 Å². The third kappa shape index (κ3) is 3.31. The van der Waals surface area contributed by atoms with Crippen LogP contribution in [0.25, 0.3) is 0 Å². The van der Waals surface area contributed by atoms with E-state index in [9.17, 15) is 4.79 Å². The normalized spacial score (nSPS) is 10.3. The molecule has 0 radical (unpaired) electrons. The lowest BCUT2D eigenvalue weighted by Crippen LogP contribution is -2.27. The number of carbonyl (C=O) groups excluding carboxylic acids is 1. The van der Waals surface area contributed by atoms with Crippen LogP contribution in [0.4, 0.5) is 11.4 Å². The van der Waals surface area contributed by atoms with Gasteiger partial charge in [0.1, 0.15) is 5.75 Å². The Balaban J connectivity index is 2.35. The van der Waals surface area contributed by atoms with E-state index in [-0.39, 0.29) is 5.91 Å². The highest BCUT2D eigenvalue weighted by Crippen LogP contribution is 2.29. The van der Waals surface area contributed by atoms with Gasteiger partial charge in [-0.3, -0.25) is 4.79 Å². The summed E-state index contributed by atoms with van der Waals surface area (Å²) in [6, 6.07) is 10.1. The third-order valence-electron chi connectivity index (χ3n) is 3.06. The maximum absolute atomic E-state index is 12.5. The molecule has 0 spiro atoms. The Labute approximate surface area is 136 Å². The smallest absolute Gasteiger partial charge is 0.258 e. The monoisotopic (exact) mass is 368 g/mol. The fourth-order valence-corrected chi connectivity index (χ4v) is 2.62. The minimum absolute atomic E-state index is 0.188. The quantitative estimate of drug-likeness (QED) is 0.833. The molecule has 0 saturated heterocycles. The van der Waals surface area contributed by atoms with E-state index in [4.69, 9.17) is 22.1 Å². The number of nitrogens with zero attached hydrogens (tertiary/aromatic N) is 1. The summed E-state index contributed by atoms with van der Waals surface area (Å²) in [5.41, 5.74) is 7.48. The summed E-state index contributed by atoms with van der Waals surface area (Å²) >= 11 is 9.32. The van der Waals surface area contributed by atoms with Crippen molar-refractivity contribution in [2.75, 3.05) is 24.8 Å². The number of ether oxygens (including phenoxy) is 1. The molecule has 0 aromatic heterocycles. The van der Waals surface area contributed by atoms with Gasteiger partial charge in [0.05, 0.1) is 23.0 Å². The first-order valence-corrected chi connectivity index (χ1v) is 7.27. The first kappa shape index (κ1) is 15.7. The van der Waals surface area contributed by atoms with Crippen molar-refractivity contribution >= 4 is 44.8 Å². The van der Waals surface area contributed by atoms with E-state index < -0.39 is 0 Å². The fourth-order valence-electron chi connectivity index (χ4n) is 1.91. The molecule has 21 heavy (non-hydrogen) atoms. The molecular formula is C15H14BrClN2O2. The standard InChI is InChI=1S/C15H14BrClN2O2/c1-19(13-8-10(17)4-5-12(13)18)15(20)9-3-6-14(21-2)11(16)7-9/h3-8H,18H2,1-2H3. The van der Waals surface area contributed by atoms with Gasteiger partial charge in [-0.1, -0.05) is 11.6 Å². The number of hydrogen-bond acceptors (Lipinski definition) is 3. The van der Waals surface area contributed by atoms with Crippen molar-refractivity contribution in [3.63, 3.8) is 0 Å². The molecule has 0 heterocycles. The van der Waals surface area contributed by atoms with Gasteiger partial charge in [-0.25, -0.2) is 0 Å². The number of benzene rings is 2. The molecule has 0 unspecified atom stereocenters. The highest BCUT2D eigenvalue weighted by molar-refractivity contribution is 9.10. The molecule has 2 rings (SSSR count). The van der Waals surface area contributed by atoms with E-state index in [0.717, 1.165) is 0 Å². The topological polar surface area (TPSA) is 55.6 Å². The lowest BCUT2D eigenvalue weighted by Gasteiger charge is -2.20. The van der Waals surface area contributed by atoms with E-state index >= 15 is 0 Å². The molecule has 110 valence electrons. The Morgan fingerprint density at radius 3 is 2.62 bits per heavy atom. The number of halogens is 2. The maximum Gasteiger partial charge on any atom is 0.258 e. The zero-order chi connectivity index (χ0) is 15.6. The molecule has 6 heteroatoms. The number of amides is 1. The van der Waals surface area contributed by atoms with E-state index in [2.05, 4.69) is 15.9 Å². The van der Waals surface area contributed by atoms with E-state index in [1.165, 1.54) is 4.90 Å². The Bertz CT molecular complexity index is 691. The summed E-state index contributed by atoms with van der Waals surface area (Å²) in [5, 5.41) is 0.523. The predicted octanol–water partition coefficient (Wildman–Crippen LogP) is 3.97. The molecular weight excluding hydrogens is 356 g/mol. The van der Waals surface area contributed by atoms with Gasteiger partial charge in [-0.05, 0) is 52.3 Å². The van der Waals surface area contributed by atoms with Gasteiger partial charge in [-0.2, -0.15) is 0 Å². The summed E-state index contributed by atoms with van der Waals surface area (Å²) in [4.78, 5) is 14.0. The number of anilines is 2. The third-order valence-corrected chi connectivity index (χ3v) is 3.91. The van der Waals surface area contributed by atoms with Crippen LogP contribution in [0.5, 0.6) is 5.75 Å². The second kappa shape index (κ2) is 6.37. The lowest BCUT2D eigenvalue weighted by molar-refractivity contribution is 0.0993. The van der Waals surface area contributed by atoms with Gasteiger partial charge >= 0.3 is 0 Å². The van der Waals surface area contributed by atoms with Crippen LogP contribution in [-0.2, 0) is 0 Å². The van der Waals surface area contributed by atoms with Crippen molar-refractivity contribution in [2.45, 2.75) is 0 Å². The number of nitrogens with two attached hydrogens (primary N) is 1. The molecule has 1 amide bonds. The summed E-state index contributed by atoms with van der Waals surface area (Å²) in [7, 11) is 3.23. The van der Waals surface area contributed by atoms with E-state index in [0.29, 0.717) is 32.2 Å². The highest BCUT2D eigenvalue weighted by Gasteiger charge is 2.17. The first-order valence-electron chi connectivity index (χ1n) is 6.10. The van der Waals surface area contributed by atoms with Gasteiger partial charge in [-0.15, -0.1) is 0 Å². The molecule has 0 atom stereocenters. The zero-order valence-electron chi connectivity index (χ0n) is 11.6. The molecule has 2 aromatic rings. The second-order valence-electron chi connectivity index (χ2n) is 4.42. The zero-order valence-corrected chi connectivity index (χ0v) is 13.9. The lowest BCUT2D eigenvalue weighted by atomic mass is 10.1. The molecule has 0 fully saturated rings. The number of nitrogen functional groups attached to an aromatic ring is 1. The van der Waals surface area contributed by atoms with E-state index in [1.54, 1.807) is 50.6 Å².